The van der Waals surface area contributed by atoms with Crippen molar-refractivity contribution >= 4 is 16.7 Å². The quantitative estimate of drug-likeness (QED) is 0.849. The molecule has 1 saturated heterocycles. The summed E-state index contributed by atoms with van der Waals surface area (Å²) in [5.41, 5.74) is -1.38. The highest BCUT2D eigenvalue weighted by Crippen LogP contribution is 2.42. The number of aromatic nitrogens is 3. The molecule has 0 N–H and O–H groups in total. The van der Waals surface area contributed by atoms with E-state index in [1.54, 1.807) is 25.4 Å². The third-order valence-corrected chi connectivity index (χ3v) is 4.37. The van der Waals surface area contributed by atoms with E-state index >= 15 is 0 Å². The summed E-state index contributed by atoms with van der Waals surface area (Å²) in [7, 11) is 1.12. The number of fused-ring (bicyclic) bond motifs is 1. The molecule has 23 heavy (non-hydrogen) atoms. The van der Waals surface area contributed by atoms with E-state index in [1.165, 1.54) is 0 Å². The Morgan fingerprint density at radius 3 is 2.52 bits per heavy atom. The van der Waals surface area contributed by atoms with E-state index in [1.807, 2.05) is 4.90 Å². The fourth-order valence-corrected chi connectivity index (χ4v) is 3.00. The van der Waals surface area contributed by atoms with Crippen LogP contribution in [0.25, 0.3) is 10.9 Å². The molecule has 1 aliphatic heterocycles. The van der Waals surface area contributed by atoms with Crippen LogP contribution in [0.4, 0.5) is 19.0 Å². The van der Waals surface area contributed by atoms with Crippen molar-refractivity contribution in [3.05, 3.63) is 24.3 Å². The first-order chi connectivity index (χ1) is 10.9. The van der Waals surface area contributed by atoms with E-state index in [0.29, 0.717) is 17.2 Å². The first-order valence-corrected chi connectivity index (χ1v) is 7.31. The Morgan fingerprint density at radius 2 is 1.91 bits per heavy atom. The molecule has 0 unspecified atom stereocenters. The number of hydrogen-bond donors (Lipinski definition) is 0. The number of aryl methyl sites for hydroxylation is 1. The largest absolute Gasteiger partial charge is 0.417 e. The molecule has 0 spiro atoms. The SMILES string of the molecule is COC1(C(F)(F)F)CCN(c2nc(C)nc3cnccc23)CC1. The third kappa shape index (κ3) is 2.71. The van der Waals surface area contributed by atoms with Gasteiger partial charge in [-0.2, -0.15) is 13.2 Å². The normalized spacial score (nSPS) is 18.4. The maximum Gasteiger partial charge on any atom is 0.417 e. The summed E-state index contributed by atoms with van der Waals surface area (Å²) in [5, 5.41) is 0.794. The van der Waals surface area contributed by atoms with Crippen LogP contribution in [-0.4, -0.2) is 46.9 Å². The Kier molecular flexibility index (Phi) is 3.87. The number of hydrogen-bond acceptors (Lipinski definition) is 5. The van der Waals surface area contributed by atoms with Crippen LogP contribution >= 0.6 is 0 Å². The average Bonchev–Trinajstić information content (AvgIpc) is 2.53. The highest BCUT2D eigenvalue weighted by atomic mass is 19.4. The predicted octanol–water partition coefficient (Wildman–Crippen LogP) is 2.88. The van der Waals surface area contributed by atoms with E-state index in [4.69, 9.17) is 4.74 Å². The molecule has 0 bridgehead atoms. The lowest BCUT2D eigenvalue weighted by Crippen LogP contribution is -2.54. The van der Waals surface area contributed by atoms with Crippen LogP contribution in [0.3, 0.4) is 0 Å². The van der Waals surface area contributed by atoms with Gasteiger partial charge in [-0.3, -0.25) is 4.98 Å². The van der Waals surface area contributed by atoms with E-state index in [2.05, 4.69) is 15.0 Å². The van der Waals surface area contributed by atoms with Crippen LogP contribution in [0.2, 0.25) is 0 Å². The fraction of sp³-hybridized carbons (Fsp3) is 0.533. The molecule has 2 aromatic heterocycles. The summed E-state index contributed by atoms with van der Waals surface area (Å²) in [4.78, 5) is 14.6. The maximum atomic E-state index is 13.3. The molecule has 2 aromatic rings. The van der Waals surface area contributed by atoms with E-state index in [-0.39, 0.29) is 25.9 Å². The van der Waals surface area contributed by atoms with E-state index in [9.17, 15) is 13.2 Å². The van der Waals surface area contributed by atoms with Gasteiger partial charge in [-0.25, -0.2) is 9.97 Å². The van der Waals surface area contributed by atoms with Crippen molar-refractivity contribution in [3.8, 4) is 0 Å². The first-order valence-electron chi connectivity index (χ1n) is 7.31. The van der Waals surface area contributed by atoms with Crippen molar-refractivity contribution in [2.24, 2.45) is 0 Å². The number of methoxy groups -OCH3 is 1. The molecule has 0 saturated carbocycles. The second-order valence-electron chi connectivity index (χ2n) is 5.67. The molecule has 1 fully saturated rings. The Hall–Kier alpha value is -1.96. The van der Waals surface area contributed by atoms with Crippen molar-refractivity contribution in [2.75, 3.05) is 25.1 Å². The molecule has 124 valence electrons. The number of piperidine rings is 1. The second-order valence-corrected chi connectivity index (χ2v) is 5.67. The van der Waals surface area contributed by atoms with Crippen molar-refractivity contribution in [1.29, 1.82) is 0 Å². The number of anilines is 1. The van der Waals surface area contributed by atoms with Gasteiger partial charge >= 0.3 is 6.18 Å². The van der Waals surface area contributed by atoms with Crippen LogP contribution < -0.4 is 4.90 Å². The number of alkyl halides is 3. The zero-order chi connectivity index (χ0) is 16.7. The van der Waals surface area contributed by atoms with Gasteiger partial charge in [0.2, 0.25) is 0 Å². The zero-order valence-electron chi connectivity index (χ0n) is 12.9. The minimum absolute atomic E-state index is 0.122. The Balaban J connectivity index is 1.92. The molecule has 0 aliphatic carbocycles. The van der Waals surface area contributed by atoms with Gasteiger partial charge in [0.05, 0.1) is 11.7 Å². The standard InChI is InChI=1S/C15H17F3N4O/c1-10-20-12-9-19-6-3-11(12)13(21-10)22-7-4-14(23-2,5-8-22)15(16,17)18/h3,6,9H,4-5,7-8H2,1-2H3. The summed E-state index contributed by atoms with van der Waals surface area (Å²) in [6.45, 7) is 2.21. The molecule has 3 rings (SSSR count). The lowest BCUT2D eigenvalue weighted by molar-refractivity contribution is -0.276. The number of pyridine rings is 1. The molecule has 8 heteroatoms. The molecular formula is C15H17F3N4O. The monoisotopic (exact) mass is 326 g/mol. The number of ether oxygens (including phenoxy) is 1. The summed E-state index contributed by atoms with van der Waals surface area (Å²) < 4.78 is 44.6. The number of rotatable bonds is 2. The average molecular weight is 326 g/mol. The molecule has 5 nitrogen and oxygen atoms in total. The van der Waals surface area contributed by atoms with Gasteiger partial charge in [-0.05, 0) is 13.0 Å². The van der Waals surface area contributed by atoms with Gasteiger partial charge < -0.3 is 9.64 Å². The van der Waals surface area contributed by atoms with Gasteiger partial charge in [0, 0.05) is 44.6 Å². The maximum absolute atomic E-state index is 13.3. The third-order valence-electron chi connectivity index (χ3n) is 4.37. The highest BCUT2D eigenvalue weighted by molar-refractivity contribution is 5.88. The Morgan fingerprint density at radius 1 is 1.22 bits per heavy atom. The van der Waals surface area contributed by atoms with Crippen LogP contribution in [0.5, 0.6) is 0 Å². The molecule has 0 amide bonds. The second kappa shape index (κ2) is 5.59. The molecule has 3 heterocycles. The van der Waals surface area contributed by atoms with Crippen LogP contribution in [0.1, 0.15) is 18.7 Å². The van der Waals surface area contributed by atoms with Crippen LogP contribution in [0, 0.1) is 6.92 Å². The smallest absolute Gasteiger partial charge is 0.369 e. The lowest BCUT2D eigenvalue weighted by atomic mass is 9.90. The summed E-state index contributed by atoms with van der Waals surface area (Å²) in [6.07, 6.45) is -1.36. The predicted molar refractivity (Wildman–Crippen MR) is 79.3 cm³/mol. The molecule has 1 aliphatic rings. The van der Waals surface area contributed by atoms with Crippen molar-refractivity contribution < 1.29 is 17.9 Å². The first kappa shape index (κ1) is 15.9. The molecule has 0 radical (unpaired) electrons. The van der Waals surface area contributed by atoms with Gasteiger partial charge in [-0.15, -0.1) is 0 Å². The van der Waals surface area contributed by atoms with Gasteiger partial charge in [0.15, 0.2) is 5.60 Å². The van der Waals surface area contributed by atoms with E-state index < -0.39 is 11.8 Å². The summed E-state index contributed by atoms with van der Waals surface area (Å²) in [6, 6.07) is 1.78. The zero-order valence-corrected chi connectivity index (χ0v) is 12.9. The van der Waals surface area contributed by atoms with Gasteiger partial charge in [0.25, 0.3) is 0 Å². The molecule has 0 atom stereocenters. The lowest BCUT2D eigenvalue weighted by Gasteiger charge is -2.42. The minimum atomic E-state index is -4.37. The molecular weight excluding hydrogens is 309 g/mol. The van der Waals surface area contributed by atoms with Gasteiger partial charge in [0.1, 0.15) is 11.6 Å². The van der Waals surface area contributed by atoms with Crippen molar-refractivity contribution in [2.45, 2.75) is 31.5 Å². The summed E-state index contributed by atoms with van der Waals surface area (Å²) >= 11 is 0. The van der Waals surface area contributed by atoms with Crippen LogP contribution in [0.15, 0.2) is 18.5 Å². The highest BCUT2D eigenvalue weighted by Gasteiger charge is 2.56. The topological polar surface area (TPSA) is 51.1 Å². The Bertz CT molecular complexity index is 711. The summed E-state index contributed by atoms with van der Waals surface area (Å²) in [5.74, 6) is 1.22. The van der Waals surface area contributed by atoms with Crippen LogP contribution in [-0.2, 0) is 4.74 Å². The number of halogens is 3. The van der Waals surface area contributed by atoms with Gasteiger partial charge in [-0.1, -0.05) is 0 Å². The van der Waals surface area contributed by atoms with Crippen molar-refractivity contribution in [3.63, 3.8) is 0 Å². The number of nitrogens with zero attached hydrogens (tertiary/aromatic N) is 4. The molecule has 0 aromatic carbocycles. The fourth-order valence-electron chi connectivity index (χ4n) is 3.00. The minimum Gasteiger partial charge on any atom is -0.369 e. The Labute approximate surface area is 131 Å². The van der Waals surface area contributed by atoms with Crippen molar-refractivity contribution in [1.82, 2.24) is 15.0 Å². The van der Waals surface area contributed by atoms with E-state index in [0.717, 1.165) is 12.5 Å².